The van der Waals surface area contributed by atoms with Crippen LogP contribution < -0.4 is 34.9 Å². The molecule has 2 aromatic rings. The van der Waals surface area contributed by atoms with Gasteiger partial charge in [-0.3, -0.25) is 19.7 Å². The van der Waals surface area contributed by atoms with Gasteiger partial charge in [-0.2, -0.15) is 0 Å². The van der Waals surface area contributed by atoms with Gasteiger partial charge < -0.3 is 39.2 Å². The number of quaternary nitrogens is 1. The van der Waals surface area contributed by atoms with Crippen molar-refractivity contribution in [2.24, 2.45) is 22.6 Å². The summed E-state index contributed by atoms with van der Waals surface area (Å²) < 4.78 is 0.536. The van der Waals surface area contributed by atoms with Crippen LogP contribution >= 0.6 is 11.6 Å². The highest BCUT2D eigenvalue weighted by Crippen LogP contribution is 2.36. The molecule has 3 saturated heterocycles. The van der Waals surface area contributed by atoms with Gasteiger partial charge in [0.25, 0.3) is 5.91 Å². The number of rotatable bonds is 9. The van der Waals surface area contributed by atoms with Crippen LogP contribution in [0.4, 0.5) is 11.6 Å². The van der Waals surface area contributed by atoms with E-state index in [1.54, 1.807) is 0 Å². The molecule has 0 aliphatic carbocycles. The lowest BCUT2D eigenvalue weighted by Crippen LogP contribution is -3.00. The molecule has 0 radical (unpaired) electrons. The van der Waals surface area contributed by atoms with E-state index in [1.165, 1.54) is 0 Å². The Balaban J connectivity index is 0.00000420. The highest BCUT2D eigenvalue weighted by molar-refractivity contribution is 6.31. The van der Waals surface area contributed by atoms with Crippen molar-refractivity contribution >= 4 is 46.9 Å². The number of nitrogens with zero attached hydrogens (tertiary/aromatic N) is 4. The van der Waals surface area contributed by atoms with Gasteiger partial charge in [-0.1, -0.05) is 41.9 Å². The number of carboxylic acid groups (broad SMARTS) is 1. The quantitative estimate of drug-likeness (QED) is 0.125. The molecule has 0 spiro atoms. The Morgan fingerprint density at radius 2 is 1.79 bits per heavy atom. The Morgan fingerprint density at radius 3 is 2.44 bits per heavy atom. The van der Waals surface area contributed by atoms with E-state index < -0.39 is 17.8 Å². The van der Waals surface area contributed by atoms with E-state index in [2.05, 4.69) is 20.3 Å². The third-order valence-electron chi connectivity index (χ3n) is 7.39. The fourth-order valence-electron chi connectivity index (χ4n) is 5.47. The van der Waals surface area contributed by atoms with Crippen molar-refractivity contribution in [1.29, 1.82) is 0 Å². The zero-order valence-corrected chi connectivity index (χ0v) is 22.7. The van der Waals surface area contributed by atoms with Crippen LogP contribution in [0.3, 0.4) is 0 Å². The largest absolute Gasteiger partial charge is 1.00 e. The Bertz CT molecular complexity index is 1250. The normalized spacial score (nSPS) is 22.9. The van der Waals surface area contributed by atoms with Crippen LogP contribution in [0, 0.1) is 11.8 Å². The Morgan fingerprint density at radius 1 is 1.13 bits per heavy atom. The monoisotopic (exact) mass is 578 g/mol. The van der Waals surface area contributed by atoms with Crippen molar-refractivity contribution in [2.45, 2.75) is 31.7 Å². The van der Waals surface area contributed by atoms with Gasteiger partial charge in [-0.15, -0.1) is 0 Å². The number of nitrogens with two attached hydrogens (primary N) is 3. The first kappa shape index (κ1) is 30.1. The number of halogens is 2. The maximum atomic E-state index is 13.1. The fourth-order valence-corrected chi connectivity index (χ4v) is 5.60. The second-order valence-corrected chi connectivity index (χ2v) is 10.5. The van der Waals surface area contributed by atoms with Crippen LogP contribution in [0.2, 0.25) is 5.15 Å². The molecule has 210 valence electrons. The number of benzene rings is 1. The van der Waals surface area contributed by atoms with Crippen molar-refractivity contribution < 1.29 is 36.4 Å². The molecule has 1 aromatic carbocycles. The lowest BCUT2D eigenvalue weighted by molar-refractivity contribution is -0.936. The van der Waals surface area contributed by atoms with E-state index in [1.807, 2.05) is 30.3 Å². The van der Waals surface area contributed by atoms with E-state index in [0.29, 0.717) is 17.4 Å². The van der Waals surface area contributed by atoms with Gasteiger partial charge in [0, 0.05) is 19.3 Å². The SMILES string of the molecule is NC(=N[C@@H]1C[N+]2(CC(=O)C[C@@H](Cc3ccccc3)C(=O)O)CCC1CC2)NC(=O)c1nc(Cl)c(N)nc1N.[Cl-]. The number of carbonyl (C=O) groups excluding carboxylic acids is 2. The van der Waals surface area contributed by atoms with Crippen molar-refractivity contribution in [3.05, 3.63) is 46.7 Å². The topological polar surface area (TPSA) is 200 Å². The number of ketones is 1. The maximum Gasteiger partial charge on any atom is 0.307 e. The van der Waals surface area contributed by atoms with E-state index in [-0.39, 0.29) is 71.6 Å². The zero-order valence-electron chi connectivity index (χ0n) is 21.2. The predicted octanol–water partition coefficient (Wildman–Crippen LogP) is -2.15. The molecule has 5 rings (SSSR count). The number of aliphatic carboxylic acids is 1. The molecule has 3 fully saturated rings. The molecule has 2 atom stereocenters. The van der Waals surface area contributed by atoms with Gasteiger partial charge in [0.05, 0.1) is 19.0 Å². The Hall–Kier alpha value is -3.48. The summed E-state index contributed by atoms with van der Waals surface area (Å²) >= 11 is 5.85. The molecular formula is C25H32Cl2N8O4. The summed E-state index contributed by atoms with van der Waals surface area (Å²) in [6, 6.07) is 9.12. The average molecular weight is 579 g/mol. The minimum atomic E-state index is -0.974. The molecule has 1 aromatic heterocycles. The highest BCUT2D eigenvalue weighted by Gasteiger charge is 2.47. The lowest BCUT2D eigenvalue weighted by Gasteiger charge is -2.51. The van der Waals surface area contributed by atoms with Gasteiger partial charge in [0.2, 0.25) is 0 Å². The number of aliphatic imine (C=N–C) groups is 1. The fraction of sp³-hybridized carbons (Fsp3) is 0.440. The third-order valence-corrected chi connectivity index (χ3v) is 7.67. The Labute approximate surface area is 237 Å². The minimum absolute atomic E-state index is 0. The molecule has 0 unspecified atom stereocenters. The number of hydrogen-bond donors (Lipinski definition) is 5. The van der Waals surface area contributed by atoms with Gasteiger partial charge in [-0.25, -0.2) is 15.0 Å². The average Bonchev–Trinajstić information content (AvgIpc) is 2.86. The predicted molar refractivity (Wildman–Crippen MR) is 142 cm³/mol. The third kappa shape index (κ3) is 7.34. The maximum absolute atomic E-state index is 13.1. The zero-order chi connectivity index (χ0) is 27.4. The lowest BCUT2D eigenvalue weighted by atomic mass is 9.81. The van der Waals surface area contributed by atoms with Gasteiger partial charge in [0.15, 0.2) is 34.2 Å². The molecular weight excluding hydrogens is 547 g/mol. The second-order valence-electron chi connectivity index (χ2n) is 10.1. The minimum Gasteiger partial charge on any atom is -1.00 e. The number of guanidine groups is 1. The number of nitrogen functional groups attached to an aromatic ring is 2. The van der Waals surface area contributed by atoms with Crippen LogP contribution in [0.25, 0.3) is 0 Å². The van der Waals surface area contributed by atoms with Crippen molar-refractivity contribution in [2.75, 3.05) is 37.6 Å². The van der Waals surface area contributed by atoms with Crippen LogP contribution in [-0.2, 0) is 16.0 Å². The molecule has 8 N–H and O–H groups in total. The standard InChI is InChI=1S/C25H31ClN8O4.ClH/c26-20-22(28)32-21(27)19(31-20)23(36)33-25(29)30-18-13-34(8-6-15(18)7-9-34)12-17(35)11-16(24(37)38)10-14-4-2-1-3-5-14;/h1-5,15-16,18H,6-13H2,(H7-,27,28,29,30,32,33,36,37,38);1H/t15?,16-,18-,34?;/m1./s1. The van der Waals surface area contributed by atoms with Gasteiger partial charge in [-0.05, 0) is 17.9 Å². The Kier molecular flexibility index (Phi) is 9.70. The summed E-state index contributed by atoms with van der Waals surface area (Å²) in [6.45, 7) is 2.47. The number of anilines is 2. The first-order chi connectivity index (χ1) is 18.0. The molecule has 1 amide bonds. The summed E-state index contributed by atoms with van der Waals surface area (Å²) in [7, 11) is 0. The van der Waals surface area contributed by atoms with Crippen LogP contribution in [0.5, 0.6) is 0 Å². The number of carboxylic acids is 1. The van der Waals surface area contributed by atoms with Crippen molar-refractivity contribution in [1.82, 2.24) is 15.3 Å². The number of aromatic nitrogens is 2. The number of amides is 1. The number of nitrogens with one attached hydrogen (secondary N) is 1. The summed E-state index contributed by atoms with van der Waals surface area (Å²) in [5.41, 5.74) is 18.0. The van der Waals surface area contributed by atoms with E-state index in [4.69, 9.17) is 28.8 Å². The molecule has 3 aliphatic heterocycles. The molecule has 2 bridgehead atoms. The molecule has 3 aliphatic rings. The van der Waals surface area contributed by atoms with Gasteiger partial charge in [0.1, 0.15) is 19.1 Å². The summed E-state index contributed by atoms with van der Waals surface area (Å²) in [5.74, 6) is -2.63. The molecule has 39 heavy (non-hydrogen) atoms. The summed E-state index contributed by atoms with van der Waals surface area (Å²) in [4.78, 5) is 49.7. The smallest absolute Gasteiger partial charge is 0.307 e. The molecule has 4 heterocycles. The highest BCUT2D eigenvalue weighted by atomic mass is 35.5. The number of fused-ring (bicyclic) bond motifs is 3. The molecule has 12 nitrogen and oxygen atoms in total. The van der Waals surface area contributed by atoms with Crippen LogP contribution in [0.15, 0.2) is 35.3 Å². The summed E-state index contributed by atoms with van der Waals surface area (Å²) in [6.07, 6.45) is 2.01. The van der Waals surface area contributed by atoms with Crippen molar-refractivity contribution in [3.63, 3.8) is 0 Å². The van der Waals surface area contributed by atoms with Crippen LogP contribution in [0.1, 0.15) is 35.3 Å². The number of piperidine rings is 3. The van der Waals surface area contributed by atoms with E-state index in [9.17, 15) is 19.5 Å². The first-order valence-electron chi connectivity index (χ1n) is 12.4. The number of Topliss-reactive ketones (excluding diaryl/α,β-unsaturated/α-hetero) is 1. The summed E-state index contributed by atoms with van der Waals surface area (Å²) in [5, 5.41) is 12.0. The molecule has 14 heteroatoms. The number of hydrogen-bond acceptors (Lipinski definition) is 8. The van der Waals surface area contributed by atoms with E-state index in [0.717, 1.165) is 31.5 Å². The van der Waals surface area contributed by atoms with Crippen LogP contribution in [-0.4, -0.2) is 75.4 Å². The number of carbonyl (C=O) groups is 3. The van der Waals surface area contributed by atoms with Crippen molar-refractivity contribution in [3.8, 4) is 0 Å². The van der Waals surface area contributed by atoms with Gasteiger partial charge >= 0.3 is 5.97 Å². The van der Waals surface area contributed by atoms with E-state index >= 15 is 0 Å². The molecule has 0 saturated carbocycles. The second kappa shape index (κ2) is 12.6. The first-order valence-corrected chi connectivity index (χ1v) is 12.8.